The molecule has 0 spiro atoms. The summed E-state index contributed by atoms with van der Waals surface area (Å²) in [5, 5.41) is 2.93. The Morgan fingerprint density at radius 3 is 2.83 bits per heavy atom. The first-order chi connectivity index (χ1) is 5.66. The van der Waals surface area contributed by atoms with Gasteiger partial charge in [0.25, 0.3) is 0 Å². The number of dihydropyridines is 1. The van der Waals surface area contributed by atoms with Crippen LogP contribution in [0.25, 0.3) is 0 Å². The lowest BCUT2D eigenvalue weighted by atomic mass is 10.0. The number of Topliss-reactive ketones (excluding diaryl/α,β-unsaturated/α-hetero) is 1. The van der Waals surface area contributed by atoms with Crippen molar-refractivity contribution < 1.29 is 9.59 Å². The van der Waals surface area contributed by atoms with Gasteiger partial charge in [-0.2, -0.15) is 0 Å². The third-order valence-corrected chi connectivity index (χ3v) is 1.89. The molecule has 12 heavy (non-hydrogen) atoms. The van der Waals surface area contributed by atoms with E-state index in [0.29, 0.717) is 17.8 Å². The number of rotatable bonds is 2. The second-order valence-electron chi connectivity index (χ2n) is 2.71. The van der Waals surface area contributed by atoms with Crippen LogP contribution in [0.5, 0.6) is 0 Å². The highest BCUT2D eigenvalue weighted by molar-refractivity contribution is 5.97. The van der Waals surface area contributed by atoms with E-state index >= 15 is 0 Å². The molecular weight excluding hydrogens is 154 g/mol. The van der Waals surface area contributed by atoms with Crippen LogP contribution in [-0.4, -0.2) is 18.6 Å². The number of carbonyl (C=O) groups excluding carboxylic acids is 2. The quantitative estimate of drug-likeness (QED) is 0.609. The Kier molecular flexibility index (Phi) is 2.43. The molecule has 0 radical (unpaired) electrons. The number of allylic oxidation sites excluding steroid dienone is 3. The van der Waals surface area contributed by atoms with Crippen molar-refractivity contribution in [2.24, 2.45) is 0 Å². The van der Waals surface area contributed by atoms with E-state index in [1.54, 1.807) is 13.0 Å². The normalized spacial score (nSPS) is 16.7. The van der Waals surface area contributed by atoms with Crippen molar-refractivity contribution in [3.63, 3.8) is 0 Å². The summed E-state index contributed by atoms with van der Waals surface area (Å²) < 4.78 is 0. The van der Waals surface area contributed by atoms with E-state index in [2.05, 4.69) is 5.32 Å². The Morgan fingerprint density at radius 1 is 1.67 bits per heavy atom. The molecule has 1 N–H and O–H groups in total. The molecule has 0 fully saturated rings. The molecule has 3 heteroatoms. The second kappa shape index (κ2) is 3.34. The van der Waals surface area contributed by atoms with Crippen molar-refractivity contribution in [3.05, 3.63) is 22.9 Å². The minimum absolute atomic E-state index is 0.0278. The fraction of sp³-hybridized carbons (Fsp3) is 0.333. The van der Waals surface area contributed by atoms with Gasteiger partial charge in [-0.15, -0.1) is 0 Å². The van der Waals surface area contributed by atoms with Gasteiger partial charge in [0.15, 0.2) is 5.78 Å². The van der Waals surface area contributed by atoms with E-state index in [0.717, 1.165) is 11.9 Å². The first kappa shape index (κ1) is 8.71. The van der Waals surface area contributed by atoms with Crippen molar-refractivity contribution in [3.8, 4) is 0 Å². The molecule has 0 saturated carbocycles. The first-order valence-corrected chi connectivity index (χ1v) is 3.78. The predicted octanol–water partition coefficient (Wildman–Crippen LogP) is 0.578. The molecule has 1 heterocycles. The molecule has 1 aliphatic heterocycles. The highest BCUT2D eigenvalue weighted by Gasteiger charge is 2.13. The van der Waals surface area contributed by atoms with Crippen LogP contribution in [0.4, 0.5) is 0 Å². The van der Waals surface area contributed by atoms with E-state index in [1.807, 2.05) is 0 Å². The Bertz CT molecular complexity index is 287. The fourth-order valence-corrected chi connectivity index (χ4v) is 1.22. The third-order valence-electron chi connectivity index (χ3n) is 1.89. The average molecular weight is 165 g/mol. The van der Waals surface area contributed by atoms with E-state index in [-0.39, 0.29) is 5.78 Å². The SMILES string of the molecule is CC(=O)C1=C(C)C(C=O)=CCN1. The Labute approximate surface area is 71.1 Å². The van der Waals surface area contributed by atoms with Gasteiger partial charge in [0.1, 0.15) is 6.29 Å². The lowest BCUT2D eigenvalue weighted by molar-refractivity contribution is -0.114. The largest absolute Gasteiger partial charge is 0.378 e. The summed E-state index contributed by atoms with van der Waals surface area (Å²) in [7, 11) is 0. The van der Waals surface area contributed by atoms with Gasteiger partial charge in [0, 0.05) is 19.0 Å². The average Bonchev–Trinajstić information content (AvgIpc) is 2.04. The van der Waals surface area contributed by atoms with Gasteiger partial charge in [-0.05, 0) is 12.5 Å². The molecule has 64 valence electrons. The topological polar surface area (TPSA) is 46.2 Å². The molecule has 0 atom stereocenters. The van der Waals surface area contributed by atoms with Gasteiger partial charge in [-0.1, -0.05) is 6.08 Å². The second-order valence-corrected chi connectivity index (χ2v) is 2.71. The zero-order valence-corrected chi connectivity index (χ0v) is 7.18. The summed E-state index contributed by atoms with van der Waals surface area (Å²) in [5.41, 5.74) is 1.90. The molecule has 0 aromatic heterocycles. The van der Waals surface area contributed by atoms with Crippen LogP contribution < -0.4 is 5.32 Å². The van der Waals surface area contributed by atoms with Crippen molar-refractivity contribution in [2.45, 2.75) is 13.8 Å². The van der Waals surface area contributed by atoms with Crippen LogP contribution in [-0.2, 0) is 9.59 Å². The lowest BCUT2D eigenvalue weighted by Gasteiger charge is -2.15. The van der Waals surface area contributed by atoms with E-state index < -0.39 is 0 Å². The number of aldehydes is 1. The Morgan fingerprint density at radius 2 is 2.33 bits per heavy atom. The van der Waals surface area contributed by atoms with Gasteiger partial charge in [0.2, 0.25) is 0 Å². The Hall–Kier alpha value is -1.38. The van der Waals surface area contributed by atoms with Crippen LogP contribution in [0.3, 0.4) is 0 Å². The molecule has 0 unspecified atom stereocenters. The van der Waals surface area contributed by atoms with Gasteiger partial charge in [-0.25, -0.2) is 0 Å². The molecule has 1 rings (SSSR count). The van der Waals surface area contributed by atoms with E-state index in [4.69, 9.17) is 0 Å². The van der Waals surface area contributed by atoms with Crippen LogP contribution in [0.2, 0.25) is 0 Å². The molecular formula is C9H11NO2. The smallest absolute Gasteiger partial charge is 0.175 e. The summed E-state index contributed by atoms with van der Waals surface area (Å²) in [6.45, 7) is 3.81. The number of ketones is 1. The first-order valence-electron chi connectivity index (χ1n) is 3.78. The molecule has 0 amide bonds. The Balaban J connectivity index is 3.06. The number of nitrogens with one attached hydrogen (secondary N) is 1. The molecule has 0 aromatic rings. The zero-order valence-electron chi connectivity index (χ0n) is 7.18. The summed E-state index contributed by atoms with van der Waals surface area (Å²) >= 11 is 0. The monoisotopic (exact) mass is 165 g/mol. The number of carbonyl (C=O) groups is 2. The van der Waals surface area contributed by atoms with Crippen molar-refractivity contribution in [1.82, 2.24) is 5.32 Å². The highest BCUT2D eigenvalue weighted by Crippen LogP contribution is 2.14. The molecule has 0 aliphatic carbocycles. The summed E-state index contributed by atoms with van der Waals surface area (Å²) in [5.74, 6) is -0.0278. The van der Waals surface area contributed by atoms with Crippen molar-refractivity contribution in [2.75, 3.05) is 6.54 Å². The number of hydrogen-bond acceptors (Lipinski definition) is 3. The van der Waals surface area contributed by atoms with Crippen LogP contribution in [0, 0.1) is 0 Å². The van der Waals surface area contributed by atoms with Crippen LogP contribution in [0.15, 0.2) is 22.9 Å². The molecule has 3 nitrogen and oxygen atoms in total. The number of hydrogen-bond donors (Lipinski definition) is 1. The predicted molar refractivity (Wildman–Crippen MR) is 45.5 cm³/mol. The zero-order chi connectivity index (χ0) is 9.14. The summed E-state index contributed by atoms with van der Waals surface area (Å²) in [6, 6.07) is 0. The molecule has 0 saturated heterocycles. The van der Waals surface area contributed by atoms with E-state index in [1.165, 1.54) is 6.92 Å². The maximum atomic E-state index is 11.0. The van der Waals surface area contributed by atoms with Gasteiger partial charge in [-0.3, -0.25) is 9.59 Å². The summed E-state index contributed by atoms with van der Waals surface area (Å²) in [4.78, 5) is 21.5. The minimum atomic E-state index is -0.0278. The van der Waals surface area contributed by atoms with Crippen LogP contribution >= 0.6 is 0 Å². The minimum Gasteiger partial charge on any atom is -0.378 e. The van der Waals surface area contributed by atoms with Crippen LogP contribution in [0.1, 0.15) is 13.8 Å². The van der Waals surface area contributed by atoms with Gasteiger partial charge >= 0.3 is 0 Å². The van der Waals surface area contributed by atoms with Gasteiger partial charge < -0.3 is 5.32 Å². The third kappa shape index (κ3) is 1.44. The lowest BCUT2D eigenvalue weighted by Crippen LogP contribution is -2.24. The maximum Gasteiger partial charge on any atom is 0.175 e. The van der Waals surface area contributed by atoms with Gasteiger partial charge in [0.05, 0.1) is 5.70 Å². The fourth-order valence-electron chi connectivity index (χ4n) is 1.22. The van der Waals surface area contributed by atoms with E-state index in [9.17, 15) is 9.59 Å². The van der Waals surface area contributed by atoms with Crippen molar-refractivity contribution >= 4 is 12.1 Å². The van der Waals surface area contributed by atoms with Crippen molar-refractivity contribution in [1.29, 1.82) is 0 Å². The molecule has 1 aliphatic rings. The standard InChI is InChI=1S/C9H11NO2/c1-6-8(5-11)3-4-10-9(6)7(2)12/h3,5,10H,4H2,1-2H3. The maximum absolute atomic E-state index is 11.0. The molecule has 0 aromatic carbocycles. The summed E-state index contributed by atoms with van der Waals surface area (Å²) in [6.07, 6.45) is 2.55. The highest BCUT2D eigenvalue weighted by atomic mass is 16.1. The molecule has 0 bridgehead atoms.